The Morgan fingerprint density at radius 3 is 2.75 bits per heavy atom. The molecule has 5 heteroatoms. The van der Waals surface area contributed by atoms with E-state index in [1.807, 2.05) is 26.0 Å². The molecule has 106 valence electrons. The lowest BCUT2D eigenvalue weighted by Crippen LogP contribution is -2.23. The van der Waals surface area contributed by atoms with E-state index in [1.165, 1.54) is 16.9 Å². The number of rotatable bonds is 6. The molecule has 0 aromatic carbocycles. The van der Waals surface area contributed by atoms with Gasteiger partial charge in [0.2, 0.25) is 0 Å². The van der Waals surface area contributed by atoms with Gasteiger partial charge in [-0.15, -0.1) is 11.3 Å². The van der Waals surface area contributed by atoms with Crippen molar-refractivity contribution in [2.45, 2.75) is 33.1 Å². The van der Waals surface area contributed by atoms with Crippen LogP contribution in [0.4, 0.5) is 0 Å². The van der Waals surface area contributed by atoms with E-state index >= 15 is 0 Å². The summed E-state index contributed by atoms with van der Waals surface area (Å²) in [6.45, 7) is 4.65. The number of hydrogen-bond acceptors (Lipinski definition) is 4. The van der Waals surface area contributed by atoms with Gasteiger partial charge in [0, 0.05) is 25.4 Å². The maximum atomic E-state index is 12.0. The summed E-state index contributed by atoms with van der Waals surface area (Å²) in [7, 11) is 0. The second-order valence-electron chi connectivity index (χ2n) is 4.63. The number of pyridine rings is 1. The molecule has 0 aliphatic rings. The molecule has 0 saturated carbocycles. The SMILES string of the molecule is CCCNC(=O)c1sc(CCc2ccncc2)nc1C. The van der Waals surface area contributed by atoms with Gasteiger partial charge in [-0.25, -0.2) is 4.98 Å². The van der Waals surface area contributed by atoms with Gasteiger partial charge < -0.3 is 5.32 Å². The fraction of sp³-hybridized carbons (Fsp3) is 0.400. The van der Waals surface area contributed by atoms with Crippen LogP contribution in [0.5, 0.6) is 0 Å². The van der Waals surface area contributed by atoms with Crippen molar-refractivity contribution >= 4 is 17.2 Å². The Labute approximate surface area is 123 Å². The number of amides is 1. The number of carbonyl (C=O) groups is 1. The van der Waals surface area contributed by atoms with Crippen molar-refractivity contribution in [1.29, 1.82) is 0 Å². The molecule has 0 bridgehead atoms. The number of thiazole rings is 1. The first-order valence-electron chi connectivity index (χ1n) is 6.84. The van der Waals surface area contributed by atoms with E-state index in [0.717, 1.165) is 34.8 Å². The highest BCUT2D eigenvalue weighted by atomic mass is 32.1. The van der Waals surface area contributed by atoms with Crippen LogP contribution in [0.3, 0.4) is 0 Å². The van der Waals surface area contributed by atoms with Crippen LogP contribution >= 0.6 is 11.3 Å². The highest BCUT2D eigenvalue weighted by molar-refractivity contribution is 7.13. The van der Waals surface area contributed by atoms with Crippen molar-refractivity contribution in [2.24, 2.45) is 0 Å². The summed E-state index contributed by atoms with van der Waals surface area (Å²) in [6, 6.07) is 4.02. The Bertz CT molecular complexity index is 566. The second kappa shape index (κ2) is 7.14. The standard InChI is InChI=1S/C15H19N3OS/c1-3-8-17-15(19)14-11(2)18-13(20-14)5-4-12-6-9-16-10-7-12/h6-7,9-10H,3-5,8H2,1-2H3,(H,17,19). The van der Waals surface area contributed by atoms with Gasteiger partial charge in [0.25, 0.3) is 5.91 Å². The Morgan fingerprint density at radius 1 is 1.30 bits per heavy atom. The van der Waals surface area contributed by atoms with Crippen molar-refractivity contribution < 1.29 is 4.79 Å². The second-order valence-corrected chi connectivity index (χ2v) is 5.72. The fourth-order valence-electron chi connectivity index (χ4n) is 1.89. The minimum atomic E-state index is -0.00277. The van der Waals surface area contributed by atoms with Crippen LogP contribution in [0.15, 0.2) is 24.5 Å². The Hall–Kier alpha value is -1.75. The van der Waals surface area contributed by atoms with E-state index in [4.69, 9.17) is 0 Å². The summed E-state index contributed by atoms with van der Waals surface area (Å²) >= 11 is 1.50. The zero-order valence-corrected chi connectivity index (χ0v) is 12.7. The van der Waals surface area contributed by atoms with E-state index in [2.05, 4.69) is 15.3 Å². The van der Waals surface area contributed by atoms with Crippen LogP contribution in [-0.4, -0.2) is 22.4 Å². The number of carbonyl (C=O) groups excluding carboxylic acids is 1. The average molecular weight is 289 g/mol. The average Bonchev–Trinajstić information content (AvgIpc) is 2.85. The molecule has 1 amide bonds. The topological polar surface area (TPSA) is 54.9 Å². The minimum Gasteiger partial charge on any atom is -0.351 e. The first kappa shape index (κ1) is 14.7. The van der Waals surface area contributed by atoms with Crippen LogP contribution in [0.1, 0.15) is 39.3 Å². The van der Waals surface area contributed by atoms with Gasteiger partial charge >= 0.3 is 0 Å². The third-order valence-corrected chi connectivity index (χ3v) is 4.18. The monoisotopic (exact) mass is 289 g/mol. The molecule has 2 heterocycles. The smallest absolute Gasteiger partial charge is 0.263 e. The highest BCUT2D eigenvalue weighted by Crippen LogP contribution is 2.19. The maximum Gasteiger partial charge on any atom is 0.263 e. The molecule has 0 aliphatic heterocycles. The number of aryl methyl sites for hydroxylation is 3. The Kier molecular flexibility index (Phi) is 5.24. The fourth-order valence-corrected chi connectivity index (χ4v) is 2.87. The quantitative estimate of drug-likeness (QED) is 0.889. The molecule has 2 aromatic heterocycles. The molecule has 2 rings (SSSR count). The van der Waals surface area contributed by atoms with Gasteiger partial charge in [0.15, 0.2) is 0 Å². The molecular weight excluding hydrogens is 270 g/mol. The molecule has 0 atom stereocenters. The molecule has 0 unspecified atom stereocenters. The lowest BCUT2D eigenvalue weighted by molar-refractivity contribution is 0.0957. The summed E-state index contributed by atoms with van der Waals surface area (Å²) in [5.74, 6) is -0.00277. The van der Waals surface area contributed by atoms with Gasteiger partial charge in [-0.2, -0.15) is 0 Å². The Balaban J connectivity index is 1.98. The first-order chi connectivity index (χ1) is 9.70. The van der Waals surface area contributed by atoms with Crippen molar-refractivity contribution in [3.05, 3.63) is 45.7 Å². The summed E-state index contributed by atoms with van der Waals surface area (Å²) in [5, 5.41) is 3.91. The largest absolute Gasteiger partial charge is 0.351 e. The predicted molar refractivity (Wildman–Crippen MR) is 81.1 cm³/mol. The van der Waals surface area contributed by atoms with Crippen molar-refractivity contribution in [3.63, 3.8) is 0 Å². The van der Waals surface area contributed by atoms with Crippen LogP contribution in [0.2, 0.25) is 0 Å². The number of hydrogen-bond donors (Lipinski definition) is 1. The molecule has 4 nitrogen and oxygen atoms in total. The van der Waals surface area contributed by atoms with E-state index in [9.17, 15) is 4.79 Å². The summed E-state index contributed by atoms with van der Waals surface area (Å²) < 4.78 is 0. The third-order valence-electron chi connectivity index (χ3n) is 2.96. The van der Waals surface area contributed by atoms with Gasteiger partial charge in [0.1, 0.15) is 4.88 Å². The highest BCUT2D eigenvalue weighted by Gasteiger charge is 2.14. The van der Waals surface area contributed by atoms with E-state index in [-0.39, 0.29) is 5.91 Å². The maximum absolute atomic E-state index is 12.0. The summed E-state index contributed by atoms with van der Waals surface area (Å²) in [5.41, 5.74) is 2.07. The zero-order valence-electron chi connectivity index (χ0n) is 11.8. The third kappa shape index (κ3) is 3.87. The van der Waals surface area contributed by atoms with Crippen LogP contribution in [0, 0.1) is 6.92 Å². The lowest BCUT2D eigenvalue weighted by atomic mass is 10.1. The van der Waals surface area contributed by atoms with Crippen molar-refractivity contribution in [1.82, 2.24) is 15.3 Å². The summed E-state index contributed by atoms with van der Waals surface area (Å²) in [6.07, 6.45) is 6.32. The van der Waals surface area contributed by atoms with Crippen LogP contribution in [0.25, 0.3) is 0 Å². The van der Waals surface area contributed by atoms with E-state index in [1.54, 1.807) is 12.4 Å². The van der Waals surface area contributed by atoms with Crippen LogP contribution < -0.4 is 5.32 Å². The van der Waals surface area contributed by atoms with Gasteiger partial charge in [-0.1, -0.05) is 6.92 Å². The van der Waals surface area contributed by atoms with Gasteiger partial charge in [-0.05, 0) is 37.5 Å². The molecule has 0 radical (unpaired) electrons. The summed E-state index contributed by atoms with van der Waals surface area (Å²) in [4.78, 5) is 21.2. The number of nitrogens with zero attached hydrogens (tertiary/aromatic N) is 2. The molecule has 0 fully saturated rings. The predicted octanol–water partition coefficient (Wildman–Crippen LogP) is 2.77. The zero-order chi connectivity index (χ0) is 14.4. The van der Waals surface area contributed by atoms with Crippen molar-refractivity contribution in [2.75, 3.05) is 6.54 Å². The molecular formula is C15H19N3OS. The van der Waals surface area contributed by atoms with Gasteiger partial charge in [-0.3, -0.25) is 9.78 Å². The number of aromatic nitrogens is 2. The molecule has 1 N–H and O–H groups in total. The van der Waals surface area contributed by atoms with Gasteiger partial charge in [0.05, 0.1) is 10.7 Å². The molecule has 2 aromatic rings. The lowest BCUT2D eigenvalue weighted by Gasteiger charge is -2.00. The Morgan fingerprint density at radius 2 is 2.05 bits per heavy atom. The molecule has 0 spiro atoms. The first-order valence-corrected chi connectivity index (χ1v) is 7.65. The molecule has 20 heavy (non-hydrogen) atoms. The van der Waals surface area contributed by atoms with E-state index in [0.29, 0.717) is 6.54 Å². The molecule has 0 saturated heterocycles. The van der Waals surface area contributed by atoms with Crippen molar-refractivity contribution in [3.8, 4) is 0 Å². The van der Waals surface area contributed by atoms with Crippen LogP contribution in [-0.2, 0) is 12.8 Å². The normalized spacial score (nSPS) is 10.5. The number of nitrogens with one attached hydrogen (secondary N) is 1. The molecule has 0 aliphatic carbocycles. The minimum absolute atomic E-state index is 0.00277. The van der Waals surface area contributed by atoms with E-state index < -0.39 is 0 Å².